The number of carbonyl (C=O) groups excluding carboxylic acids is 1. The lowest BCUT2D eigenvalue weighted by Gasteiger charge is -2.12. The third kappa shape index (κ3) is 3.82. The lowest BCUT2D eigenvalue weighted by atomic mass is 10.1. The number of aromatic nitrogens is 2. The minimum atomic E-state index is -4.67. The first-order valence-electron chi connectivity index (χ1n) is 7.87. The molecule has 2 N–H and O–H groups in total. The summed E-state index contributed by atoms with van der Waals surface area (Å²) in [7, 11) is -3.96. The number of carbonyl (C=O) groups is 1. The number of aldehydes is 1. The van der Waals surface area contributed by atoms with Crippen LogP contribution in [-0.2, 0) is 16.2 Å². The summed E-state index contributed by atoms with van der Waals surface area (Å²) in [6.07, 6.45) is -4.05. The van der Waals surface area contributed by atoms with Crippen molar-refractivity contribution in [1.29, 1.82) is 0 Å². The van der Waals surface area contributed by atoms with E-state index in [9.17, 15) is 26.4 Å². The summed E-state index contributed by atoms with van der Waals surface area (Å²) in [5.74, 6) is 0. The third-order valence-corrected chi connectivity index (χ3v) is 4.98. The number of alkyl halides is 3. The van der Waals surface area contributed by atoms with E-state index in [0.717, 1.165) is 10.7 Å². The van der Waals surface area contributed by atoms with E-state index in [2.05, 4.69) is 5.10 Å². The molecule has 6 nitrogen and oxygen atoms in total. The van der Waals surface area contributed by atoms with Gasteiger partial charge in [-0.05, 0) is 36.8 Å². The maximum atomic E-state index is 13.2. The molecule has 0 unspecified atom stereocenters. The molecule has 28 heavy (non-hydrogen) atoms. The van der Waals surface area contributed by atoms with E-state index >= 15 is 0 Å². The molecule has 0 saturated carbocycles. The maximum Gasteiger partial charge on any atom is 0.435 e. The van der Waals surface area contributed by atoms with Gasteiger partial charge in [0.25, 0.3) is 0 Å². The fourth-order valence-electron chi connectivity index (χ4n) is 2.68. The van der Waals surface area contributed by atoms with Crippen LogP contribution >= 0.6 is 0 Å². The summed E-state index contributed by atoms with van der Waals surface area (Å²) in [5.41, 5.74) is 0.447. The summed E-state index contributed by atoms with van der Waals surface area (Å²) < 4.78 is 63.8. The van der Waals surface area contributed by atoms with E-state index < -0.39 is 21.9 Å². The molecule has 0 radical (unpaired) electrons. The fourth-order valence-corrected chi connectivity index (χ4v) is 3.28. The second-order valence-corrected chi connectivity index (χ2v) is 7.62. The number of benzene rings is 2. The lowest BCUT2D eigenvalue weighted by molar-refractivity contribution is -0.141. The number of aryl methyl sites for hydroxylation is 1. The molecule has 0 bridgehead atoms. The van der Waals surface area contributed by atoms with Crippen molar-refractivity contribution in [2.75, 3.05) is 0 Å². The van der Waals surface area contributed by atoms with Gasteiger partial charge in [-0.1, -0.05) is 24.3 Å². The van der Waals surface area contributed by atoms with Crippen molar-refractivity contribution in [3.05, 3.63) is 65.4 Å². The Morgan fingerprint density at radius 2 is 1.71 bits per heavy atom. The number of sulfonamides is 1. The van der Waals surface area contributed by atoms with Gasteiger partial charge in [-0.25, -0.2) is 18.2 Å². The molecule has 3 aromatic rings. The van der Waals surface area contributed by atoms with E-state index in [0.29, 0.717) is 23.0 Å². The molecule has 0 fully saturated rings. The summed E-state index contributed by atoms with van der Waals surface area (Å²) in [6, 6.07) is 10.7. The second-order valence-electron chi connectivity index (χ2n) is 6.06. The van der Waals surface area contributed by atoms with Gasteiger partial charge in [0.05, 0.1) is 16.3 Å². The Kier molecular flexibility index (Phi) is 4.86. The molecule has 0 atom stereocenters. The topological polar surface area (TPSA) is 95.1 Å². The molecular weight excluding hydrogens is 395 g/mol. The van der Waals surface area contributed by atoms with Crippen LogP contribution in [0.4, 0.5) is 13.2 Å². The first kappa shape index (κ1) is 19.8. The van der Waals surface area contributed by atoms with Crippen LogP contribution in [-0.4, -0.2) is 24.5 Å². The number of hydrogen-bond acceptors (Lipinski definition) is 4. The number of nitrogens with zero attached hydrogens (tertiary/aromatic N) is 2. The zero-order chi connectivity index (χ0) is 20.7. The van der Waals surface area contributed by atoms with Crippen LogP contribution in [0.5, 0.6) is 0 Å². The predicted octanol–water partition coefficient (Wildman–Crippen LogP) is 3.33. The van der Waals surface area contributed by atoms with Gasteiger partial charge in [0, 0.05) is 11.1 Å². The lowest BCUT2D eigenvalue weighted by Crippen LogP contribution is -2.13. The molecule has 10 heteroatoms. The number of rotatable bonds is 4. The SMILES string of the molecule is Cc1cc(S(N)(=O)=O)ccc1-n1nc(C(F)(F)F)cc1-c1ccc(C=O)cc1. The molecule has 2 aromatic carbocycles. The first-order valence-corrected chi connectivity index (χ1v) is 9.42. The van der Waals surface area contributed by atoms with Crippen molar-refractivity contribution in [3.8, 4) is 16.9 Å². The Hall–Kier alpha value is -2.98. The zero-order valence-electron chi connectivity index (χ0n) is 14.4. The molecule has 146 valence electrons. The molecule has 1 heterocycles. The Morgan fingerprint density at radius 3 is 2.21 bits per heavy atom. The zero-order valence-corrected chi connectivity index (χ0v) is 15.3. The van der Waals surface area contributed by atoms with Crippen molar-refractivity contribution in [1.82, 2.24) is 9.78 Å². The highest BCUT2D eigenvalue weighted by Gasteiger charge is 2.35. The van der Waals surface area contributed by atoms with Gasteiger partial charge in [-0.15, -0.1) is 0 Å². The number of hydrogen-bond donors (Lipinski definition) is 1. The first-order chi connectivity index (χ1) is 13.0. The van der Waals surface area contributed by atoms with Gasteiger partial charge in [0.2, 0.25) is 10.0 Å². The highest BCUT2D eigenvalue weighted by Crippen LogP contribution is 2.34. The van der Waals surface area contributed by atoms with E-state index in [-0.39, 0.29) is 16.3 Å². The van der Waals surface area contributed by atoms with Gasteiger partial charge in [-0.2, -0.15) is 18.3 Å². The van der Waals surface area contributed by atoms with Gasteiger partial charge < -0.3 is 0 Å². The van der Waals surface area contributed by atoms with Crippen LogP contribution in [0.25, 0.3) is 16.9 Å². The van der Waals surface area contributed by atoms with E-state index in [1.54, 1.807) is 0 Å². The van der Waals surface area contributed by atoms with Crippen LogP contribution in [0.3, 0.4) is 0 Å². The Balaban J connectivity index is 2.22. The largest absolute Gasteiger partial charge is 0.435 e. The highest BCUT2D eigenvalue weighted by atomic mass is 32.2. The quantitative estimate of drug-likeness (QED) is 0.669. The average molecular weight is 409 g/mol. The van der Waals surface area contributed by atoms with Crippen molar-refractivity contribution in [2.45, 2.75) is 18.0 Å². The van der Waals surface area contributed by atoms with Gasteiger partial charge >= 0.3 is 6.18 Å². The average Bonchev–Trinajstić information content (AvgIpc) is 3.06. The predicted molar refractivity (Wildman–Crippen MR) is 95.5 cm³/mol. The summed E-state index contributed by atoms with van der Waals surface area (Å²) in [6.45, 7) is 1.54. The fraction of sp³-hybridized carbons (Fsp3) is 0.111. The smallest absolute Gasteiger partial charge is 0.298 e. The molecular formula is C18H14F3N3O3S. The Bertz CT molecular complexity index is 1150. The molecule has 0 saturated heterocycles. The van der Waals surface area contributed by atoms with Crippen molar-refractivity contribution < 1.29 is 26.4 Å². The number of halogens is 3. The van der Waals surface area contributed by atoms with Crippen LogP contribution < -0.4 is 5.14 Å². The second kappa shape index (κ2) is 6.88. The molecule has 0 amide bonds. The summed E-state index contributed by atoms with van der Waals surface area (Å²) in [5, 5.41) is 8.76. The third-order valence-electron chi connectivity index (χ3n) is 4.07. The minimum Gasteiger partial charge on any atom is -0.298 e. The van der Waals surface area contributed by atoms with Gasteiger partial charge in [0.1, 0.15) is 6.29 Å². The standard InChI is InChI=1S/C18H14F3N3O3S/c1-11-8-14(28(22,26)27)6-7-15(11)24-16(9-17(23-24)18(19,20)21)13-4-2-12(10-25)3-5-13/h2-10H,1H3,(H2,22,26,27). The molecule has 0 aliphatic heterocycles. The molecule has 0 aliphatic carbocycles. The van der Waals surface area contributed by atoms with Crippen LogP contribution in [0.15, 0.2) is 53.4 Å². The van der Waals surface area contributed by atoms with E-state index in [4.69, 9.17) is 5.14 Å². The van der Waals surface area contributed by atoms with E-state index in [1.807, 2.05) is 0 Å². The molecule has 1 aromatic heterocycles. The molecule has 0 aliphatic rings. The molecule has 0 spiro atoms. The van der Waals surface area contributed by atoms with Crippen LogP contribution in [0.1, 0.15) is 21.6 Å². The number of primary sulfonamides is 1. The monoisotopic (exact) mass is 409 g/mol. The van der Waals surface area contributed by atoms with Crippen molar-refractivity contribution >= 4 is 16.3 Å². The highest BCUT2D eigenvalue weighted by molar-refractivity contribution is 7.89. The van der Waals surface area contributed by atoms with Crippen LogP contribution in [0.2, 0.25) is 0 Å². The number of nitrogens with two attached hydrogens (primary N) is 1. The summed E-state index contributed by atoms with van der Waals surface area (Å²) in [4.78, 5) is 10.7. The maximum absolute atomic E-state index is 13.2. The van der Waals surface area contributed by atoms with Crippen molar-refractivity contribution in [3.63, 3.8) is 0 Å². The normalized spacial score (nSPS) is 12.2. The van der Waals surface area contributed by atoms with Gasteiger partial charge in [0.15, 0.2) is 5.69 Å². The molecule has 3 rings (SSSR count). The van der Waals surface area contributed by atoms with Crippen LogP contribution in [0, 0.1) is 6.92 Å². The van der Waals surface area contributed by atoms with Crippen molar-refractivity contribution in [2.24, 2.45) is 5.14 Å². The minimum absolute atomic E-state index is 0.135. The Morgan fingerprint density at radius 1 is 1.07 bits per heavy atom. The van der Waals surface area contributed by atoms with Gasteiger partial charge in [-0.3, -0.25) is 4.79 Å². The summed E-state index contributed by atoms with van der Waals surface area (Å²) >= 11 is 0. The van der Waals surface area contributed by atoms with E-state index in [1.165, 1.54) is 49.4 Å². The Labute approximate surface area is 158 Å².